The van der Waals surface area contributed by atoms with Gasteiger partial charge in [-0.05, 0) is 36.3 Å². The SMILES string of the molecule is COC1CCCCC1N1CCc2sccc2C1C(=O)O. The van der Waals surface area contributed by atoms with Crippen molar-refractivity contribution in [1.29, 1.82) is 0 Å². The second-order valence-electron chi connectivity index (χ2n) is 5.65. The molecule has 110 valence electrons. The maximum atomic E-state index is 11.8. The Morgan fingerprint density at radius 2 is 2.25 bits per heavy atom. The van der Waals surface area contributed by atoms with Crippen LogP contribution in [0, 0.1) is 0 Å². The Morgan fingerprint density at radius 1 is 1.45 bits per heavy atom. The van der Waals surface area contributed by atoms with Crippen molar-refractivity contribution >= 4 is 17.3 Å². The number of rotatable bonds is 3. The van der Waals surface area contributed by atoms with E-state index in [-0.39, 0.29) is 12.1 Å². The third kappa shape index (κ3) is 2.38. The van der Waals surface area contributed by atoms with Gasteiger partial charge in [-0.25, -0.2) is 0 Å². The van der Waals surface area contributed by atoms with E-state index in [4.69, 9.17) is 4.74 Å². The molecule has 4 nitrogen and oxygen atoms in total. The number of aliphatic carboxylic acids is 1. The maximum absolute atomic E-state index is 11.8. The Bertz CT molecular complexity index is 487. The van der Waals surface area contributed by atoms with Gasteiger partial charge in [0.15, 0.2) is 0 Å². The lowest BCUT2D eigenvalue weighted by Crippen LogP contribution is -2.52. The molecule has 1 aliphatic carbocycles. The fourth-order valence-electron chi connectivity index (χ4n) is 3.70. The summed E-state index contributed by atoms with van der Waals surface area (Å²) in [7, 11) is 1.75. The molecule has 0 bridgehead atoms. The van der Waals surface area contributed by atoms with Gasteiger partial charge in [0.25, 0.3) is 0 Å². The lowest BCUT2D eigenvalue weighted by molar-refractivity contribution is -0.147. The van der Waals surface area contributed by atoms with Crippen molar-refractivity contribution in [3.05, 3.63) is 21.9 Å². The summed E-state index contributed by atoms with van der Waals surface area (Å²) in [4.78, 5) is 15.2. The summed E-state index contributed by atoms with van der Waals surface area (Å²) in [6, 6.07) is 1.73. The topological polar surface area (TPSA) is 49.8 Å². The van der Waals surface area contributed by atoms with E-state index in [9.17, 15) is 9.90 Å². The van der Waals surface area contributed by atoms with Gasteiger partial charge in [0.2, 0.25) is 0 Å². The lowest BCUT2D eigenvalue weighted by atomic mass is 9.87. The van der Waals surface area contributed by atoms with Gasteiger partial charge in [0.05, 0.1) is 6.10 Å². The second kappa shape index (κ2) is 5.84. The number of fused-ring (bicyclic) bond motifs is 1. The summed E-state index contributed by atoms with van der Waals surface area (Å²) < 4.78 is 5.62. The molecule has 2 aliphatic rings. The molecule has 1 aliphatic heterocycles. The second-order valence-corrected chi connectivity index (χ2v) is 6.65. The van der Waals surface area contributed by atoms with Gasteiger partial charge >= 0.3 is 5.97 Å². The average Bonchev–Trinajstić information content (AvgIpc) is 2.94. The van der Waals surface area contributed by atoms with Crippen LogP contribution >= 0.6 is 11.3 Å². The van der Waals surface area contributed by atoms with Crippen molar-refractivity contribution in [3.8, 4) is 0 Å². The summed E-state index contributed by atoms with van der Waals surface area (Å²) in [5.74, 6) is -0.732. The number of thiophene rings is 1. The molecule has 1 saturated carbocycles. The molecule has 3 unspecified atom stereocenters. The Kier molecular flexibility index (Phi) is 4.10. The smallest absolute Gasteiger partial charge is 0.325 e. The molecule has 0 radical (unpaired) electrons. The summed E-state index contributed by atoms with van der Waals surface area (Å²) in [6.45, 7) is 0.828. The number of ether oxygens (including phenoxy) is 1. The summed E-state index contributed by atoms with van der Waals surface area (Å²) in [5, 5.41) is 11.7. The minimum Gasteiger partial charge on any atom is -0.480 e. The third-order valence-electron chi connectivity index (χ3n) is 4.63. The summed E-state index contributed by atoms with van der Waals surface area (Å²) >= 11 is 1.68. The number of nitrogens with zero attached hydrogens (tertiary/aromatic N) is 1. The van der Waals surface area contributed by atoms with E-state index in [0.717, 1.165) is 31.4 Å². The van der Waals surface area contributed by atoms with Gasteiger partial charge in [-0.2, -0.15) is 0 Å². The summed E-state index contributed by atoms with van der Waals surface area (Å²) in [5.41, 5.74) is 0.995. The first kappa shape index (κ1) is 14.0. The minimum atomic E-state index is -0.732. The zero-order valence-corrected chi connectivity index (χ0v) is 12.6. The van der Waals surface area contributed by atoms with Crippen molar-refractivity contribution in [2.24, 2.45) is 0 Å². The molecule has 2 heterocycles. The lowest BCUT2D eigenvalue weighted by Gasteiger charge is -2.44. The number of carboxylic acids is 1. The Balaban J connectivity index is 1.90. The van der Waals surface area contributed by atoms with Crippen LogP contribution in [0.5, 0.6) is 0 Å². The highest BCUT2D eigenvalue weighted by molar-refractivity contribution is 7.10. The van der Waals surface area contributed by atoms with E-state index >= 15 is 0 Å². The van der Waals surface area contributed by atoms with Crippen LogP contribution in [-0.4, -0.2) is 41.8 Å². The highest BCUT2D eigenvalue weighted by atomic mass is 32.1. The highest BCUT2D eigenvalue weighted by Crippen LogP contribution is 2.38. The van der Waals surface area contributed by atoms with E-state index in [1.807, 2.05) is 11.4 Å². The molecule has 3 atom stereocenters. The number of carbonyl (C=O) groups is 1. The molecule has 20 heavy (non-hydrogen) atoms. The Labute approximate surface area is 123 Å². The average molecular weight is 295 g/mol. The van der Waals surface area contributed by atoms with Crippen LogP contribution in [0.25, 0.3) is 0 Å². The first-order valence-electron chi connectivity index (χ1n) is 7.30. The van der Waals surface area contributed by atoms with Crippen molar-refractivity contribution in [2.75, 3.05) is 13.7 Å². The van der Waals surface area contributed by atoms with Gasteiger partial charge in [-0.3, -0.25) is 9.69 Å². The molecule has 0 aromatic carbocycles. The Hall–Kier alpha value is -0.910. The molecule has 3 rings (SSSR count). The molecule has 0 saturated heterocycles. The zero-order valence-electron chi connectivity index (χ0n) is 11.7. The molecular formula is C15H21NO3S. The normalized spacial score (nSPS) is 30.9. The number of carboxylic acid groups (broad SMARTS) is 1. The predicted octanol–water partition coefficient (Wildman–Crippen LogP) is 2.69. The molecule has 5 heteroatoms. The fourth-order valence-corrected chi connectivity index (χ4v) is 4.60. The standard InChI is InChI=1S/C15H21NO3S/c1-19-12-5-3-2-4-11(12)16-8-6-13-10(7-9-20-13)14(16)15(17)18/h7,9,11-12,14H,2-6,8H2,1H3,(H,17,18). The van der Waals surface area contributed by atoms with E-state index in [2.05, 4.69) is 4.90 Å². The quantitative estimate of drug-likeness (QED) is 0.931. The molecule has 0 amide bonds. The fraction of sp³-hybridized carbons (Fsp3) is 0.667. The van der Waals surface area contributed by atoms with Crippen LogP contribution in [0.15, 0.2) is 11.4 Å². The van der Waals surface area contributed by atoms with Gasteiger partial charge in [-0.15, -0.1) is 11.3 Å². The van der Waals surface area contributed by atoms with Crippen molar-refractivity contribution in [3.63, 3.8) is 0 Å². The van der Waals surface area contributed by atoms with Gasteiger partial charge in [-0.1, -0.05) is 12.8 Å². The number of hydrogen-bond donors (Lipinski definition) is 1. The molecule has 1 aromatic rings. The summed E-state index contributed by atoms with van der Waals surface area (Å²) in [6.07, 6.45) is 5.57. The Morgan fingerprint density at radius 3 is 3.00 bits per heavy atom. The molecule has 1 fully saturated rings. The van der Waals surface area contributed by atoms with Gasteiger partial charge in [0, 0.05) is 24.6 Å². The number of hydrogen-bond acceptors (Lipinski definition) is 4. The first-order chi connectivity index (χ1) is 9.72. The van der Waals surface area contributed by atoms with Crippen LogP contribution in [-0.2, 0) is 16.0 Å². The first-order valence-corrected chi connectivity index (χ1v) is 8.18. The van der Waals surface area contributed by atoms with E-state index in [1.54, 1.807) is 18.4 Å². The van der Waals surface area contributed by atoms with Gasteiger partial charge < -0.3 is 9.84 Å². The van der Waals surface area contributed by atoms with Crippen LogP contribution < -0.4 is 0 Å². The monoisotopic (exact) mass is 295 g/mol. The molecular weight excluding hydrogens is 274 g/mol. The highest BCUT2D eigenvalue weighted by Gasteiger charge is 2.41. The van der Waals surface area contributed by atoms with Crippen LogP contribution in [0.1, 0.15) is 42.2 Å². The van der Waals surface area contributed by atoms with Crippen LogP contribution in [0.2, 0.25) is 0 Å². The zero-order chi connectivity index (χ0) is 14.1. The number of methoxy groups -OCH3 is 1. The van der Waals surface area contributed by atoms with Crippen molar-refractivity contribution < 1.29 is 14.6 Å². The largest absolute Gasteiger partial charge is 0.480 e. The van der Waals surface area contributed by atoms with Crippen molar-refractivity contribution in [1.82, 2.24) is 4.90 Å². The van der Waals surface area contributed by atoms with E-state index in [1.165, 1.54) is 17.7 Å². The third-order valence-corrected chi connectivity index (χ3v) is 5.63. The van der Waals surface area contributed by atoms with Crippen molar-refractivity contribution in [2.45, 2.75) is 50.3 Å². The predicted molar refractivity (Wildman–Crippen MR) is 78.2 cm³/mol. The molecule has 1 N–H and O–H groups in total. The van der Waals surface area contributed by atoms with Crippen LogP contribution in [0.4, 0.5) is 0 Å². The minimum absolute atomic E-state index is 0.172. The molecule has 0 spiro atoms. The van der Waals surface area contributed by atoms with E-state index in [0.29, 0.717) is 0 Å². The van der Waals surface area contributed by atoms with E-state index < -0.39 is 12.0 Å². The van der Waals surface area contributed by atoms with Gasteiger partial charge in [0.1, 0.15) is 6.04 Å². The molecule has 1 aromatic heterocycles. The maximum Gasteiger partial charge on any atom is 0.325 e. The van der Waals surface area contributed by atoms with Crippen LogP contribution in [0.3, 0.4) is 0 Å².